The van der Waals surface area contributed by atoms with Gasteiger partial charge in [-0.15, -0.1) is 0 Å². The summed E-state index contributed by atoms with van der Waals surface area (Å²) >= 11 is 0. The van der Waals surface area contributed by atoms with Gasteiger partial charge in [-0.25, -0.2) is 15.0 Å². The van der Waals surface area contributed by atoms with Gasteiger partial charge in [0.05, 0.1) is 6.33 Å². The fraction of sp³-hybridized carbons (Fsp3) is 0.438. The number of aromatic nitrogens is 4. The van der Waals surface area contributed by atoms with Gasteiger partial charge >= 0.3 is 0 Å². The second-order valence-electron chi connectivity index (χ2n) is 6.03. The zero-order valence-corrected chi connectivity index (χ0v) is 13.6. The van der Waals surface area contributed by atoms with Gasteiger partial charge in [0.15, 0.2) is 0 Å². The third kappa shape index (κ3) is 3.95. The van der Waals surface area contributed by atoms with Crippen molar-refractivity contribution in [2.24, 2.45) is 5.92 Å². The van der Waals surface area contributed by atoms with Crippen molar-refractivity contribution in [1.82, 2.24) is 19.5 Å². The maximum absolute atomic E-state index is 12.1. The Hall–Kier alpha value is -2.77. The van der Waals surface area contributed by atoms with Gasteiger partial charge in [-0.2, -0.15) is 0 Å². The summed E-state index contributed by atoms with van der Waals surface area (Å²) in [6.07, 6.45) is 6.44. The first-order valence-corrected chi connectivity index (χ1v) is 7.99. The Labute approximate surface area is 139 Å². The fourth-order valence-electron chi connectivity index (χ4n) is 2.66. The van der Waals surface area contributed by atoms with Crippen LogP contribution in [0.15, 0.2) is 35.8 Å². The Kier molecular flexibility index (Phi) is 4.83. The van der Waals surface area contributed by atoms with Crippen LogP contribution in [0.3, 0.4) is 0 Å². The van der Waals surface area contributed by atoms with Gasteiger partial charge in [0.2, 0.25) is 5.91 Å². The van der Waals surface area contributed by atoms with Gasteiger partial charge in [-0.1, -0.05) is 6.92 Å². The summed E-state index contributed by atoms with van der Waals surface area (Å²) in [7, 11) is 0. The first-order valence-electron chi connectivity index (χ1n) is 7.99. The molecule has 24 heavy (non-hydrogen) atoms. The van der Waals surface area contributed by atoms with Crippen LogP contribution in [0.2, 0.25) is 0 Å². The van der Waals surface area contributed by atoms with Crippen molar-refractivity contribution >= 4 is 17.5 Å². The van der Waals surface area contributed by atoms with Crippen molar-refractivity contribution in [2.45, 2.75) is 26.3 Å². The minimum absolute atomic E-state index is 0.104. The second-order valence-corrected chi connectivity index (χ2v) is 6.03. The molecule has 0 aromatic carbocycles. The highest BCUT2D eigenvalue weighted by Crippen LogP contribution is 2.22. The molecule has 0 spiro atoms. The maximum atomic E-state index is 12.1. The van der Waals surface area contributed by atoms with Gasteiger partial charge in [0.1, 0.15) is 24.5 Å². The van der Waals surface area contributed by atoms with E-state index in [1.165, 1.54) is 29.5 Å². The highest BCUT2D eigenvalue weighted by atomic mass is 16.2. The van der Waals surface area contributed by atoms with Gasteiger partial charge in [0, 0.05) is 31.4 Å². The Morgan fingerprint density at radius 1 is 1.33 bits per heavy atom. The number of carbonyl (C=O) groups is 1. The van der Waals surface area contributed by atoms with E-state index in [1.54, 1.807) is 6.07 Å². The van der Waals surface area contributed by atoms with E-state index >= 15 is 0 Å². The van der Waals surface area contributed by atoms with Crippen molar-refractivity contribution in [3.8, 4) is 0 Å². The van der Waals surface area contributed by atoms with Crippen LogP contribution in [0.25, 0.3) is 0 Å². The molecule has 1 saturated heterocycles. The molecule has 3 rings (SSSR count). The quantitative estimate of drug-likeness (QED) is 0.897. The molecule has 0 atom stereocenters. The molecule has 1 N–H and O–H groups in total. The Balaban J connectivity index is 1.65. The van der Waals surface area contributed by atoms with Gasteiger partial charge in [-0.05, 0) is 18.8 Å². The van der Waals surface area contributed by atoms with Crippen LogP contribution in [-0.2, 0) is 11.3 Å². The minimum atomic E-state index is -0.331. The lowest BCUT2D eigenvalue weighted by Crippen LogP contribution is -2.33. The van der Waals surface area contributed by atoms with E-state index < -0.39 is 0 Å². The van der Waals surface area contributed by atoms with E-state index in [-0.39, 0.29) is 18.0 Å². The molecule has 3 heterocycles. The Morgan fingerprint density at radius 2 is 2.12 bits per heavy atom. The fourth-order valence-corrected chi connectivity index (χ4v) is 2.66. The lowest BCUT2D eigenvalue weighted by molar-refractivity contribution is -0.116. The zero-order valence-electron chi connectivity index (χ0n) is 13.6. The van der Waals surface area contributed by atoms with E-state index in [4.69, 9.17) is 0 Å². The van der Waals surface area contributed by atoms with Crippen molar-refractivity contribution < 1.29 is 4.79 Å². The van der Waals surface area contributed by atoms with Crippen molar-refractivity contribution in [3.05, 3.63) is 41.3 Å². The topological polar surface area (TPSA) is 93.0 Å². The summed E-state index contributed by atoms with van der Waals surface area (Å²) in [5.41, 5.74) is -0.272. The molecule has 0 radical (unpaired) electrons. The number of amides is 1. The smallest absolute Gasteiger partial charge is 0.253 e. The number of nitrogens with one attached hydrogen (secondary N) is 1. The van der Waals surface area contributed by atoms with Crippen LogP contribution in [0.4, 0.5) is 11.6 Å². The van der Waals surface area contributed by atoms with Gasteiger partial charge < -0.3 is 10.2 Å². The molecule has 8 heteroatoms. The van der Waals surface area contributed by atoms with Crippen molar-refractivity contribution in [2.75, 3.05) is 23.3 Å². The number of piperidine rings is 1. The Bertz CT molecular complexity index is 767. The zero-order chi connectivity index (χ0) is 16.9. The van der Waals surface area contributed by atoms with Crippen LogP contribution in [0.5, 0.6) is 0 Å². The van der Waals surface area contributed by atoms with Gasteiger partial charge in [-0.3, -0.25) is 14.2 Å². The summed E-state index contributed by atoms with van der Waals surface area (Å²) in [5.74, 6) is 1.65. The van der Waals surface area contributed by atoms with Crippen molar-refractivity contribution in [3.63, 3.8) is 0 Å². The average Bonchev–Trinajstić information content (AvgIpc) is 2.58. The maximum Gasteiger partial charge on any atom is 0.253 e. The number of nitrogens with zero attached hydrogens (tertiary/aromatic N) is 5. The predicted molar refractivity (Wildman–Crippen MR) is 89.8 cm³/mol. The van der Waals surface area contributed by atoms with Crippen molar-refractivity contribution in [1.29, 1.82) is 0 Å². The molecule has 126 valence electrons. The molecule has 1 aliphatic heterocycles. The lowest BCUT2D eigenvalue weighted by atomic mass is 9.99. The molecule has 2 aromatic rings. The van der Waals surface area contributed by atoms with Crippen LogP contribution in [0, 0.1) is 5.92 Å². The average molecular weight is 328 g/mol. The molecule has 0 aliphatic carbocycles. The number of hydrogen-bond donors (Lipinski definition) is 1. The third-order valence-electron chi connectivity index (χ3n) is 4.13. The molecule has 1 amide bonds. The van der Waals surface area contributed by atoms with Crippen LogP contribution < -0.4 is 15.8 Å². The molecular weight excluding hydrogens is 308 g/mol. The lowest BCUT2D eigenvalue weighted by Gasteiger charge is -2.31. The number of hydrogen-bond acceptors (Lipinski definition) is 6. The number of rotatable bonds is 4. The van der Waals surface area contributed by atoms with Gasteiger partial charge in [0.25, 0.3) is 5.56 Å². The van der Waals surface area contributed by atoms with E-state index in [9.17, 15) is 9.59 Å². The standard InChI is InChI=1S/C16H20N6O2/c1-12-3-6-21(7-4-12)14-8-13(18-10-19-14)20-15(23)9-22-11-17-5-2-16(22)24/h2,5,8,10-12H,3-4,6-7,9H2,1H3,(H,18,19,20,23). The SMILES string of the molecule is CC1CCN(c2cc(NC(=O)Cn3cnccc3=O)ncn2)CC1. The van der Waals surface area contributed by atoms with Crippen LogP contribution >= 0.6 is 0 Å². The first-order chi connectivity index (χ1) is 11.6. The summed E-state index contributed by atoms with van der Waals surface area (Å²) in [5, 5.41) is 2.70. The second kappa shape index (κ2) is 7.20. The summed E-state index contributed by atoms with van der Waals surface area (Å²) < 4.78 is 1.24. The molecular formula is C16H20N6O2. The normalized spacial score (nSPS) is 15.3. The molecule has 0 unspecified atom stereocenters. The summed E-state index contributed by atoms with van der Waals surface area (Å²) in [6.45, 7) is 4.06. The number of anilines is 2. The largest absolute Gasteiger partial charge is 0.356 e. The predicted octanol–water partition coefficient (Wildman–Crippen LogP) is 0.908. The Morgan fingerprint density at radius 3 is 2.88 bits per heavy atom. The summed E-state index contributed by atoms with van der Waals surface area (Å²) in [4.78, 5) is 38.1. The molecule has 0 saturated carbocycles. The van der Waals surface area contributed by atoms with E-state index in [0.717, 1.165) is 37.7 Å². The molecule has 0 bridgehead atoms. The number of carbonyl (C=O) groups excluding carboxylic acids is 1. The summed E-state index contributed by atoms with van der Waals surface area (Å²) in [6, 6.07) is 3.08. The molecule has 1 fully saturated rings. The molecule has 1 aliphatic rings. The van der Waals surface area contributed by atoms with E-state index in [0.29, 0.717) is 5.82 Å². The third-order valence-corrected chi connectivity index (χ3v) is 4.13. The molecule has 8 nitrogen and oxygen atoms in total. The van der Waals surface area contributed by atoms with E-state index in [2.05, 4.69) is 32.1 Å². The first kappa shape index (κ1) is 16.1. The van der Waals surface area contributed by atoms with Crippen LogP contribution in [0.1, 0.15) is 19.8 Å². The monoisotopic (exact) mass is 328 g/mol. The highest BCUT2D eigenvalue weighted by Gasteiger charge is 2.17. The molecule has 2 aromatic heterocycles. The van der Waals surface area contributed by atoms with E-state index in [1.807, 2.05) is 0 Å². The highest BCUT2D eigenvalue weighted by molar-refractivity contribution is 5.89. The van der Waals surface area contributed by atoms with Crippen LogP contribution in [-0.4, -0.2) is 38.5 Å². The minimum Gasteiger partial charge on any atom is -0.356 e.